The van der Waals surface area contributed by atoms with Gasteiger partial charge in [-0.05, 0) is 16.3 Å². The van der Waals surface area contributed by atoms with Crippen molar-refractivity contribution in [3.05, 3.63) is 54.6 Å². The van der Waals surface area contributed by atoms with Gasteiger partial charge in [0.25, 0.3) is 20.4 Å². The van der Waals surface area contributed by atoms with Crippen LogP contribution in [-0.4, -0.2) is 20.4 Å². The molecule has 0 unspecified atom stereocenters. The fourth-order valence-electron chi connectivity index (χ4n) is 1.43. The Hall–Kier alpha value is -2.02. The van der Waals surface area contributed by atoms with E-state index in [0.29, 0.717) is 0 Å². The van der Waals surface area contributed by atoms with Gasteiger partial charge in [-0.3, -0.25) is 14.4 Å². The average molecular weight is 290 g/mol. The largest absolute Gasteiger partial charge is 0.281 e. The van der Waals surface area contributed by atoms with Crippen LogP contribution in [0.5, 0.6) is 0 Å². The maximum Gasteiger partial charge on any atom is 0.281 e. The number of hydrogen-bond donors (Lipinski definition) is 0. The van der Waals surface area contributed by atoms with E-state index in [1.54, 1.807) is 0 Å². The van der Waals surface area contributed by atoms with Crippen LogP contribution in [0.4, 0.5) is 0 Å². The third-order valence-electron chi connectivity index (χ3n) is 2.04. The van der Waals surface area contributed by atoms with Gasteiger partial charge >= 0.3 is 0 Å². The molecule has 2 aromatic carbocycles. The zero-order valence-electron chi connectivity index (χ0n) is 9.96. The molecule has 4 heteroatoms. The molecule has 2 rings (SSSR count). The van der Waals surface area contributed by atoms with Gasteiger partial charge in [0, 0.05) is 17.4 Å². The Labute approximate surface area is 124 Å². The molecule has 0 spiro atoms. The number of fused-ring (bicyclic) bond motifs is 1. The Kier molecular flexibility index (Phi) is 18.7. The maximum absolute atomic E-state index is 7.50. The van der Waals surface area contributed by atoms with Crippen molar-refractivity contribution in [3.63, 3.8) is 0 Å². The van der Waals surface area contributed by atoms with E-state index in [-0.39, 0.29) is 17.4 Å². The molecule has 0 aliphatic rings. The summed E-state index contributed by atoms with van der Waals surface area (Å²) in [6, 6.07) is 14.6. The van der Waals surface area contributed by atoms with Crippen molar-refractivity contribution in [2.24, 2.45) is 0 Å². The molecule has 94 valence electrons. The first-order chi connectivity index (χ1) is 8.92. The molecule has 0 fully saturated rings. The van der Waals surface area contributed by atoms with Crippen LogP contribution in [0.3, 0.4) is 0 Å². The van der Waals surface area contributed by atoms with Gasteiger partial charge in [-0.1, -0.05) is 55.1 Å². The maximum atomic E-state index is 7.50. The fourth-order valence-corrected chi connectivity index (χ4v) is 1.43. The average Bonchev–Trinajstić information content (AvgIpc) is 2.52. The molecule has 0 heterocycles. The minimum atomic E-state index is 0. The van der Waals surface area contributed by atoms with Crippen LogP contribution >= 0.6 is 0 Å². The Morgan fingerprint density at radius 2 is 1.26 bits per heavy atom. The van der Waals surface area contributed by atoms with Crippen LogP contribution in [-0.2, 0) is 31.7 Å². The molecule has 2 aromatic rings. The first-order valence-corrected chi connectivity index (χ1v) is 4.63. The monoisotopic (exact) mass is 290 g/mol. The molecule has 0 saturated carbocycles. The molecule has 19 heavy (non-hydrogen) atoms. The van der Waals surface area contributed by atoms with Gasteiger partial charge in [-0.25, -0.2) is 0 Å². The molecule has 0 aromatic heterocycles. The third-order valence-corrected chi connectivity index (χ3v) is 2.04. The van der Waals surface area contributed by atoms with Crippen molar-refractivity contribution in [1.82, 2.24) is 0 Å². The minimum absolute atomic E-state index is 0. The van der Waals surface area contributed by atoms with Gasteiger partial charge in [-0.2, -0.15) is 0 Å². The first-order valence-electron chi connectivity index (χ1n) is 4.63. The third kappa shape index (κ3) is 7.10. The summed E-state index contributed by atoms with van der Waals surface area (Å²) >= 11 is 0. The van der Waals surface area contributed by atoms with Gasteiger partial charge in [0.1, 0.15) is 0 Å². The molecule has 0 bridgehead atoms. The molecule has 0 atom stereocenters. The summed E-state index contributed by atoms with van der Waals surface area (Å²) in [4.78, 5) is 22.5. The predicted molar refractivity (Wildman–Crippen MR) is 71.1 cm³/mol. The summed E-state index contributed by atoms with van der Waals surface area (Å²) in [6.07, 6.45) is 1.89. The Morgan fingerprint density at radius 3 is 1.79 bits per heavy atom. The van der Waals surface area contributed by atoms with Crippen molar-refractivity contribution in [3.8, 4) is 0 Å². The SMILES string of the molecule is C=Cc1cccc2ccccc12.[C]=O.[C]=O.[C]=O.[Cr]. The molecule has 0 amide bonds. The molecule has 3 nitrogen and oxygen atoms in total. The smallest absolute Gasteiger partial charge is 0.281 e. The van der Waals surface area contributed by atoms with E-state index in [9.17, 15) is 0 Å². The number of benzene rings is 2. The summed E-state index contributed by atoms with van der Waals surface area (Å²) in [7, 11) is 0. The van der Waals surface area contributed by atoms with Crippen LogP contribution in [0, 0.1) is 0 Å². The second kappa shape index (κ2) is 16.0. The molecule has 0 saturated heterocycles. The van der Waals surface area contributed by atoms with E-state index in [4.69, 9.17) is 14.4 Å². The second-order valence-electron chi connectivity index (χ2n) is 2.77. The van der Waals surface area contributed by atoms with Crippen molar-refractivity contribution < 1.29 is 31.7 Å². The topological polar surface area (TPSA) is 51.2 Å². The van der Waals surface area contributed by atoms with E-state index in [1.165, 1.54) is 16.3 Å². The quantitative estimate of drug-likeness (QED) is 0.809. The first kappa shape index (κ1) is 22.2. The van der Waals surface area contributed by atoms with E-state index in [2.05, 4.69) is 69.4 Å². The summed E-state index contributed by atoms with van der Waals surface area (Å²) in [5.41, 5.74) is 1.20. The summed E-state index contributed by atoms with van der Waals surface area (Å²) in [5.74, 6) is 0. The van der Waals surface area contributed by atoms with E-state index in [0.717, 1.165) is 0 Å². The predicted octanol–water partition coefficient (Wildman–Crippen LogP) is 2.29. The fraction of sp³-hybridized carbons (Fsp3) is 0. The van der Waals surface area contributed by atoms with Crippen LogP contribution in [0.1, 0.15) is 5.56 Å². The van der Waals surface area contributed by atoms with Crippen molar-refractivity contribution in [2.45, 2.75) is 0 Å². The van der Waals surface area contributed by atoms with Gasteiger partial charge in [-0.15, -0.1) is 0 Å². The number of carbonyl (C=O) groups excluding carboxylic acids is 3. The molecule has 0 aliphatic carbocycles. The summed E-state index contributed by atoms with van der Waals surface area (Å²) < 4.78 is 0. The number of hydrogen-bond acceptors (Lipinski definition) is 3. The van der Waals surface area contributed by atoms with E-state index in [1.807, 2.05) is 6.08 Å². The van der Waals surface area contributed by atoms with Crippen LogP contribution < -0.4 is 0 Å². The van der Waals surface area contributed by atoms with E-state index >= 15 is 0 Å². The summed E-state index contributed by atoms with van der Waals surface area (Å²) in [5, 5.41) is 2.55. The normalized spacial score (nSPS) is 6.95. The molecular weight excluding hydrogens is 280 g/mol. The van der Waals surface area contributed by atoms with Gasteiger partial charge in [0.2, 0.25) is 0 Å². The van der Waals surface area contributed by atoms with Crippen molar-refractivity contribution >= 4 is 37.2 Å². The second-order valence-corrected chi connectivity index (χ2v) is 2.77. The van der Waals surface area contributed by atoms with Crippen LogP contribution in [0.2, 0.25) is 0 Å². The van der Waals surface area contributed by atoms with E-state index < -0.39 is 0 Å². The van der Waals surface area contributed by atoms with Crippen molar-refractivity contribution in [1.29, 1.82) is 0 Å². The molecule has 6 radical (unpaired) electrons. The van der Waals surface area contributed by atoms with Gasteiger partial charge in [0.05, 0.1) is 0 Å². The molecule has 0 N–H and O–H groups in total. The zero-order chi connectivity index (χ0) is 14.4. The minimum Gasteiger partial charge on any atom is -0.281 e. The van der Waals surface area contributed by atoms with Crippen LogP contribution in [0.15, 0.2) is 49.0 Å². The standard InChI is InChI=1S/C12H10.3CO.Cr/c1-2-10-7-5-8-11-6-3-4-9-12(10)11;3*1-2;/h2-9H,1H2;;;;. The Bertz CT molecular complexity index is 462. The Morgan fingerprint density at radius 1 is 0.789 bits per heavy atom. The molecular formula is C15H10CrO3. The molecule has 0 aliphatic heterocycles. The van der Waals surface area contributed by atoms with Gasteiger partial charge in [0.15, 0.2) is 0 Å². The Balaban J connectivity index is -0.000000325. The number of rotatable bonds is 1. The summed E-state index contributed by atoms with van der Waals surface area (Å²) in [6.45, 7) is 17.3. The zero-order valence-corrected chi connectivity index (χ0v) is 11.2. The van der Waals surface area contributed by atoms with Crippen LogP contribution in [0.25, 0.3) is 16.8 Å². The van der Waals surface area contributed by atoms with Crippen molar-refractivity contribution in [2.75, 3.05) is 0 Å². The van der Waals surface area contributed by atoms with Gasteiger partial charge < -0.3 is 0 Å².